The lowest BCUT2D eigenvalue weighted by Gasteiger charge is -2.13. The number of ether oxygens (including phenoxy) is 1. The van der Waals surface area contributed by atoms with Crippen LogP contribution in [0.2, 0.25) is 0 Å². The Balaban J connectivity index is 1.62. The van der Waals surface area contributed by atoms with Gasteiger partial charge in [-0.05, 0) is 61.7 Å². The van der Waals surface area contributed by atoms with Crippen molar-refractivity contribution in [3.05, 3.63) is 70.8 Å². The van der Waals surface area contributed by atoms with Crippen molar-refractivity contribution < 1.29 is 19.4 Å². The molecule has 0 bridgehead atoms. The molecule has 3 aromatic rings. The first-order valence-corrected chi connectivity index (χ1v) is 12.9. The van der Waals surface area contributed by atoms with Crippen LogP contribution in [-0.4, -0.2) is 49.6 Å². The summed E-state index contributed by atoms with van der Waals surface area (Å²) < 4.78 is 7.74. The van der Waals surface area contributed by atoms with E-state index in [1.54, 1.807) is 12.0 Å². The second-order valence-electron chi connectivity index (χ2n) is 8.44. The van der Waals surface area contributed by atoms with Gasteiger partial charge in [0.05, 0.1) is 17.7 Å². The Hall–Kier alpha value is -3.43. The second-order valence-corrected chi connectivity index (χ2v) is 10.1. The summed E-state index contributed by atoms with van der Waals surface area (Å²) in [4.78, 5) is 26.0. The summed E-state index contributed by atoms with van der Waals surface area (Å²) in [5.41, 5.74) is 4.39. The van der Waals surface area contributed by atoms with E-state index in [2.05, 4.69) is 0 Å². The highest BCUT2D eigenvalue weighted by molar-refractivity contribution is 8.26. The minimum absolute atomic E-state index is 0.132. The molecule has 2 aromatic carbocycles. The molecule has 1 amide bonds. The third-order valence-corrected chi connectivity index (χ3v) is 7.24. The molecule has 7 nitrogen and oxygen atoms in total. The Labute approximate surface area is 219 Å². The molecular formula is C27H27N3O4S2. The van der Waals surface area contributed by atoms with E-state index in [1.807, 2.05) is 72.4 Å². The van der Waals surface area contributed by atoms with Crippen LogP contribution < -0.4 is 4.74 Å². The zero-order valence-electron chi connectivity index (χ0n) is 20.1. The van der Waals surface area contributed by atoms with Gasteiger partial charge in [0.2, 0.25) is 0 Å². The van der Waals surface area contributed by atoms with Gasteiger partial charge in [-0.3, -0.25) is 14.5 Å². The van der Waals surface area contributed by atoms with Gasteiger partial charge in [-0.2, -0.15) is 5.10 Å². The maximum atomic E-state index is 13.2. The van der Waals surface area contributed by atoms with Gasteiger partial charge in [0.15, 0.2) is 0 Å². The lowest BCUT2D eigenvalue weighted by Crippen LogP contribution is -2.29. The molecule has 1 saturated heterocycles. The van der Waals surface area contributed by atoms with Gasteiger partial charge >= 0.3 is 5.97 Å². The lowest BCUT2D eigenvalue weighted by atomic mass is 10.0. The normalized spacial score (nSPS) is 14.6. The fraction of sp³-hybridized carbons (Fsp3) is 0.259. The number of carboxylic acid groups (broad SMARTS) is 1. The Morgan fingerprint density at radius 2 is 1.94 bits per heavy atom. The second kappa shape index (κ2) is 11.5. The van der Waals surface area contributed by atoms with Crippen LogP contribution in [0.1, 0.15) is 36.8 Å². The van der Waals surface area contributed by atoms with E-state index in [0.29, 0.717) is 28.6 Å². The number of para-hydroxylation sites is 1. The number of aliphatic carboxylic acids is 1. The van der Waals surface area contributed by atoms with Crippen molar-refractivity contribution in [3.63, 3.8) is 0 Å². The number of unbranched alkanes of at least 4 members (excludes halogenated alkanes) is 2. The van der Waals surface area contributed by atoms with Gasteiger partial charge in [-0.1, -0.05) is 48.6 Å². The molecule has 36 heavy (non-hydrogen) atoms. The van der Waals surface area contributed by atoms with E-state index in [4.69, 9.17) is 27.2 Å². The number of aromatic nitrogens is 2. The zero-order valence-corrected chi connectivity index (χ0v) is 21.8. The van der Waals surface area contributed by atoms with Crippen LogP contribution >= 0.6 is 24.0 Å². The molecule has 0 aliphatic carbocycles. The molecule has 0 radical (unpaired) electrons. The number of aryl methyl sites for hydroxylation is 1. The van der Waals surface area contributed by atoms with E-state index in [0.717, 1.165) is 40.2 Å². The number of hydrogen-bond acceptors (Lipinski definition) is 6. The van der Waals surface area contributed by atoms with E-state index in [-0.39, 0.29) is 12.3 Å². The largest absolute Gasteiger partial charge is 0.496 e. The van der Waals surface area contributed by atoms with Crippen molar-refractivity contribution >= 4 is 46.3 Å². The number of thiocarbonyl (C=S) groups is 1. The molecule has 0 atom stereocenters. The van der Waals surface area contributed by atoms with Gasteiger partial charge < -0.3 is 9.84 Å². The summed E-state index contributed by atoms with van der Waals surface area (Å²) >= 11 is 6.76. The molecule has 9 heteroatoms. The van der Waals surface area contributed by atoms with Gasteiger partial charge in [0.1, 0.15) is 15.8 Å². The molecule has 0 unspecified atom stereocenters. The number of benzene rings is 2. The Kier molecular flexibility index (Phi) is 8.22. The number of rotatable bonds is 10. The highest BCUT2D eigenvalue weighted by Gasteiger charge is 2.32. The van der Waals surface area contributed by atoms with Gasteiger partial charge in [0.25, 0.3) is 5.91 Å². The first kappa shape index (κ1) is 25.7. The number of hydrogen-bond donors (Lipinski definition) is 1. The van der Waals surface area contributed by atoms with Crippen LogP contribution in [-0.2, 0) is 9.59 Å². The van der Waals surface area contributed by atoms with Crippen molar-refractivity contribution in [2.75, 3.05) is 13.7 Å². The fourth-order valence-corrected chi connectivity index (χ4v) is 5.31. The number of carbonyl (C=O) groups is 2. The van der Waals surface area contributed by atoms with Crippen molar-refractivity contribution in [1.82, 2.24) is 14.7 Å². The third-order valence-electron chi connectivity index (χ3n) is 5.86. The van der Waals surface area contributed by atoms with Crippen molar-refractivity contribution in [2.24, 2.45) is 0 Å². The number of methoxy groups -OCH3 is 1. The van der Waals surface area contributed by atoms with E-state index in [9.17, 15) is 9.59 Å². The number of carboxylic acids is 1. The first-order valence-electron chi connectivity index (χ1n) is 11.6. The molecule has 0 saturated carbocycles. The standard InChI is InChI=1S/C27H27N3O4S2/c1-18-15-19(12-13-22(18)34-2)25-20(17-30(28-25)21-9-5-3-6-10-21)16-23-26(33)29(27(35)36-23)14-8-4-7-11-24(31)32/h3,5-6,9-10,12-13,15-17H,4,7-8,11,14H2,1-2H3,(H,31,32)/b23-16-. The number of thioether (sulfide) groups is 1. The van der Waals surface area contributed by atoms with E-state index < -0.39 is 5.97 Å². The van der Waals surface area contributed by atoms with Crippen molar-refractivity contribution in [3.8, 4) is 22.7 Å². The topological polar surface area (TPSA) is 84.7 Å². The average Bonchev–Trinajstić information content (AvgIpc) is 3.40. The first-order chi connectivity index (χ1) is 17.4. The van der Waals surface area contributed by atoms with E-state index >= 15 is 0 Å². The lowest BCUT2D eigenvalue weighted by molar-refractivity contribution is -0.137. The minimum atomic E-state index is -0.803. The highest BCUT2D eigenvalue weighted by atomic mass is 32.2. The van der Waals surface area contributed by atoms with Crippen LogP contribution in [0.3, 0.4) is 0 Å². The molecule has 1 aliphatic heterocycles. The summed E-state index contributed by atoms with van der Waals surface area (Å²) in [6, 6.07) is 15.7. The molecule has 1 aromatic heterocycles. The van der Waals surface area contributed by atoms with Crippen LogP contribution in [0.5, 0.6) is 5.75 Å². The molecule has 4 rings (SSSR count). The third kappa shape index (κ3) is 5.85. The van der Waals surface area contributed by atoms with Crippen LogP contribution in [0, 0.1) is 6.92 Å². The van der Waals surface area contributed by atoms with Crippen molar-refractivity contribution in [2.45, 2.75) is 32.6 Å². The predicted molar refractivity (Wildman–Crippen MR) is 146 cm³/mol. The molecule has 0 spiro atoms. The van der Waals surface area contributed by atoms with Gasteiger partial charge in [-0.25, -0.2) is 4.68 Å². The monoisotopic (exact) mass is 521 g/mol. The number of nitrogens with zero attached hydrogens (tertiary/aromatic N) is 3. The molecule has 2 heterocycles. The SMILES string of the molecule is COc1ccc(-c2nn(-c3ccccc3)cc2/C=C2\SC(=S)N(CCCCCC(=O)O)C2=O)cc1C. The highest BCUT2D eigenvalue weighted by Crippen LogP contribution is 2.36. The smallest absolute Gasteiger partial charge is 0.303 e. The summed E-state index contributed by atoms with van der Waals surface area (Å²) in [6.07, 6.45) is 5.93. The predicted octanol–water partition coefficient (Wildman–Crippen LogP) is 5.70. The fourth-order valence-electron chi connectivity index (χ4n) is 4.01. The van der Waals surface area contributed by atoms with Crippen LogP contribution in [0.15, 0.2) is 59.6 Å². The van der Waals surface area contributed by atoms with E-state index in [1.165, 1.54) is 11.8 Å². The quantitative estimate of drug-likeness (QED) is 0.208. The Morgan fingerprint density at radius 1 is 1.17 bits per heavy atom. The molecule has 1 aliphatic rings. The zero-order chi connectivity index (χ0) is 25.7. The summed E-state index contributed by atoms with van der Waals surface area (Å²) in [5, 5.41) is 13.6. The number of carbonyl (C=O) groups excluding carboxylic acids is 1. The van der Waals surface area contributed by atoms with Crippen LogP contribution in [0.4, 0.5) is 0 Å². The Morgan fingerprint density at radius 3 is 2.64 bits per heavy atom. The molecular weight excluding hydrogens is 494 g/mol. The van der Waals surface area contributed by atoms with Crippen LogP contribution in [0.25, 0.3) is 23.0 Å². The summed E-state index contributed by atoms with van der Waals surface area (Å²) in [5.74, 6) is -0.137. The van der Waals surface area contributed by atoms with Gasteiger partial charge in [0, 0.05) is 30.3 Å². The maximum absolute atomic E-state index is 13.2. The average molecular weight is 522 g/mol. The minimum Gasteiger partial charge on any atom is -0.496 e. The van der Waals surface area contributed by atoms with Gasteiger partial charge in [-0.15, -0.1) is 0 Å². The molecule has 1 N–H and O–H groups in total. The summed E-state index contributed by atoms with van der Waals surface area (Å²) in [7, 11) is 1.64. The van der Waals surface area contributed by atoms with Crippen molar-refractivity contribution in [1.29, 1.82) is 0 Å². The molecule has 1 fully saturated rings. The maximum Gasteiger partial charge on any atom is 0.303 e. The summed E-state index contributed by atoms with van der Waals surface area (Å²) in [6.45, 7) is 2.47. The Bertz CT molecular complexity index is 1320. The molecule has 186 valence electrons. The number of amides is 1.